The summed E-state index contributed by atoms with van der Waals surface area (Å²) in [7, 11) is 0. The van der Waals surface area contributed by atoms with Crippen molar-refractivity contribution in [3.63, 3.8) is 0 Å². The van der Waals surface area contributed by atoms with Crippen LogP contribution in [0.25, 0.3) is 0 Å². The van der Waals surface area contributed by atoms with Crippen LogP contribution in [0.3, 0.4) is 0 Å². The zero-order valence-electron chi connectivity index (χ0n) is 9.39. The van der Waals surface area contributed by atoms with Gasteiger partial charge < -0.3 is 10.4 Å². The molecule has 0 fully saturated rings. The third kappa shape index (κ3) is 2.23. The van der Waals surface area contributed by atoms with Gasteiger partial charge in [-0.1, -0.05) is 12.1 Å². The zero-order chi connectivity index (χ0) is 13.1. The Hall–Kier alpha value is -2.21. The Morgan fingerprint density at radius 2 is 2.00 bits per heavy atom. The largest absolute Gasteiger partial charge is 0.395 e. The zero-order valence-corrected chi connectivity index (χ0v) is 9.39. The summed E-state index contributed by atoms with van der Waals surface area (Å²) < 4.78 is 13.4. The second kappa shape index (κ2) is 4.97. The molecule has 0 spiro atoms. The van der Waals surface area contributed by atoms with E-state index in [0.29, 0.717) is 0 Å². The van der Waals surface area contributed by atoms with Crippen molar-refractivity contribution in [2.45, 2.75) is 0 Å². The Kier molecular flexibility index (Phi) is 3.38. The SMILES string of the molecule is O=C1C=C(Nc2ccccc2F)C(=O)N1CCO. The Morgan fingerprint density at radius 1 is 1.28 bits per heavy atom. The molecule has 0 aliphatic carbocycles. The molecular weight excluding hydrogens is 239 g/mol. The van der Waals surface area contributed by atoms with Crippen LogP contribution < -0.4 is 5.32 Å². The molecule has 5 nitrogen and oxygen atoms in total. The van der Waals surface area contributed by atoms with Crippen LogP contribution >= 0.6 is 0 Å². The standard InChI is InChI=1S/C12H11FN2O3/c13-8-3-1-2-4-9(8)14-10-7-11(17)15(5-6-16)12(10)18/h1-4,7,14,16H,5-6H2. The maximum atomic E-state index is 13.4. The van der Waals surface area contributed by atoms with Gasteiger partial charge in [0, 0.05) is 6.08 Å². The number of aliphatic hydroxyl groups excluding tert-OH is 1. The maximum Gasteiger partial charge on any atom is 0.277 e. The number of aliphatic hydroxyl groups is 1. The summed E-state index contributed by atoms with van der Waals surface area (Å²) in [4.78, 5) is 24.1. The van der Waals surface area contributed by atoms with Crippen molar-refractivity contribution >= 4 is 17.5 Å². The number of anilines is 1. The molecule has 0 saturated carbocycles. The van der Waals surface area contributed by atoms with E-state index in [1.807, 2.05) is 0 Å². The molecule has 0 bridgehead atoms. The van der Waals surface area contributed by atoms with Gasteiger partial charge >= 0.3 is 0 Å². The summed E-state index contributed by atoms with van der Waals surface area (Å²) >= 11 is 0. The van der Waals surface area contributed by atoms with Gasteiger partial charge in [-0.2, -0.15) is 0 Å². The fourth-order valence-electron chi connectivity index (χ4n) is 1.62. The summed E-state index contributed by atoms with van der Waals surface area (Å²) in [5.41, 5.74) is 0.120. The quantitative estimate of drug-likeness (QED) is 0.763. The van der Waals surface area contributed by atoms with E-state index in [1.54, 1.807) is 6.07 Å². The number of para-hydroxylation sites is 1. The van der Waals surface area contributed by atoms with Gasteiger partial charge in [0.15, 0.2) is 0 Å². The Labute approximate surface area is 103 Å². The molecule has 1 aromatic carbocycles. The van der Waals surface area contributed by atoms with Crippen molar-refractivity contribution in [2.75, 3.05) is 18.5 Å². The summed E-state index contributed by atoms with van der Waals surface area (Å²) in [6.45, 7) is -0.380. The molecular formula is C12H11FN2O3. The van der Waals surface area contributed by atoms with E-state index in [4.69, 9.17) is 5.11 Å². The van der Waals surface area contributed by atoms with Gasteiger partial charge in [0.2, 0.25) is 0 Å². The Bertz CT molecular complexity index is 528. The Morgan fingerprint density at radius 3 is 2.67 bits per heavy atom. The number of benzene rings is 1. The monoisotopic (exact) mass is 250 g/mol. The van der Waals surface area contributed by atoms with E-state index in [2.05, 4.69) is 5.32 Å². The minimum Gasteiger partial charge on any atom is -0.395 e. The highest BCUT2D eigenvalue weighted by Gasteiger charge is 2.30. The van der Waals surface area contributed by atoms with E-state index in [0.717, 1.165) is 11.0 Å². The normalized spacial score (nSPS) is 15.0. The molecule has 0 radical (unpaired) electrons. The number of β-amino-alcohol motifs (C(OH)–C–C–N with tert-alkyl or cyclic N) is 1. The van der Waals surface area contributed by atoms with E-state index in [1.165, 1.54) is 18.2 Å². The molecule has 1 aromatic rings. The van der Waals surface area contributed by atoms with Crippen LogP contribution in [-0.4, -0.2) is 35.0 Å². The molecule has 0 atom stereocenters. The Balaban J connectivity index is 2.17. The van der Waals surface area contributed by atoms with E-state index in [9.17, 15) is 14.0 Å². The molecule has 6 heteroatoms. The molecule has 2 N–H and O–H groups in total. The molecule has 1 aliphatic heterocycles. The summed E-state index contributed by atoms with van der Waals surface area (Å²) in [5.74, 6) is -1.61. The van der Waals surface area contributed by atoms with Crippen molar-refractivity contribution in [3.8, 4) is 0 Å². The lowest BCUT2D eigenvalue weighted by Gasteiger charge is -2.13. The van der Waals surface area contributed by atoms with Crippen LogP contribution in [0.2, 0.25) is 0 Å². The number of nitrogens with one attached hydrogen (secondary N) is 1. The van der Waals surface area contributed by atoms with Crippen molar-refractivity contribution < 1.29 is 19.1 Å². The molecule has 18 heavy (non-hydrogen) atoms. The topological polar surface area (TPSA) is 69.6 Å². The molecule has 2 rings (SSSR count). The fourth-order valence-corrected chi connectivity index (χ4v) is 1.62. The van der Waals surface area contributed by atoms with Crippen LogP contribution in [-0.2, 0) is 9.59 Å². The molecule has 1 heterocycles. The minimum atomic E-state index is -0.572. The summed E-state index contributed by atoms with van der Waals surface area (Å²) in [6, 6.07) is 5.84. The number of carbonyl (C=O) groups is 2. The lowest BCUT2D eigenvalue weighted by molar-refractivity contribution is -0.137. The van der Waals surface area contributed by atoms with Gasteiger partial charge in [-0.05, 0) is 12.1 Å². The van der Waals surface area contributed by atoms with Crippen LogP contribution in [0, 0.1) is 5.82 Å². The predicted molar refractivity (Wildman–Crippen MR) is 61.9 cm³/mol. The molecule has 0 aromatic heterocycles. The van der Waals surface area contributed by atoms with Crippen LogP contribution in [0.4, 0.5) is 10.1 Å². The number of nitrogens with zero attached hydrogens (tertiary/aromatic N) is 1. The number of rotatable bonds is 4. The van der Waals surface area contributed by atoms with Crippen LogP contribution in [0.1, 0.15) is 0 Å². The van der Waals surface area contributed by atoms with Gasteiger partial charge in [-0.25, -0.2) is 4.39 Å². The van der Waals surface area contributed by atoms with Crippen LogP contribution in [0.15, 0.2) is 36.0 Å². The van der Waals surface area contributed by atoms with Gasteiger partial charge in [-0.3, -0.25) is 14.5 Å². The van der Waals surface area contributed by atoms with Gasteiger partial charge in [0.05, 0.1) is 18.8 Å². The van der Waals surface area contributed by atoms with Gasteiger partial charge in [0.25, 0.3) is 11.8 Å². The number of imide groups is 1. The van der Waals surface area contributed by atoms with Crippen LogP contribution in [0.5, 0.6) is 0 Å². The molecule has 94 valence electrons. The highest BCUT2D eigenvalue weighted by Crippen LogP contribution is 2.19. The average molecular weight is 250 g/mol. The first-order valence-corrected chi connectivity index (χ1v) is 5.33. The summed E-state index contributed by atoms with van der Waals surface area (Å²) in [6.07, 6.45) is 1.09. The molecule has 0 saturated heterocycles. The third-order valence-corrected chi connectivity index (χ3v) is 2.48. The molecule has 2 amide bonds. The van der Waals surface area contributed by atoms with E-state index in [-0.39, 0.29) is 24.5 Å². The summed E-state index contributed by atoms with van der Waals surface area (Å²) in [5, 5.41) is 11.3. The van der Waals surface area contributed by atoms with Crippen molar-refractivity contribution in [1.82, 2.24) is 4.90 Å². The smallest absolute Gasteiger partial charge is 0.277 e. The van der Waals surface area contributed by atoms with Crippen molar-refractivity contribution in [1.29, 1.82) is 0 Å². The first-order chi connectivity index (χ1) is 8.63. The maximum absolute atomic E-state index is 13.4. The predicted octanol–water partition coefficient (Wildman–Crippen LogP) is 0.483. The minimum absolute atomic E-state index is 0.00134. The fraction of sp³-hybridized carbons (Fsp3) is 0.167. The van der Waals surface area contributed by atoms with E-state index >= 15 is 0 Å². The number of hydrogen-bond donors (Lipinski definition) is 2. The number of hydrogen-bond acceptors (Lipinski definition) is 4. The number of carbonyl (C=O) groups excluding carboxylic acids is 2. The lowest BCUT2D eigenvalue weighted by Crippen LogP contribution is -2.34. The highest BCUT2D eigenvalue weighted by atomic mass is 19.1. The van der Waals surface area contributed by atoms with Gasteiger partial charge in [0.1, 0.15) is 11.5 Å². The first kappa shape index (κ1) is 12.3. The van der Waals surface area contributed by atoms with Crippen molar-refractivity contribution in [2.24, 2.45) is 0 Å². The second-order valence-corrected chi connectivity index (χ2v) is 3.68. The number of halogens is 1. The van der Waals surface area contributed by atoms with E-state index < -0.39 is 17.6 Å². The first-order valence-electron chi connectivity index (χ1n) is 5.33. The molecule has 0 unspecified atom stereocenters. The number of amides is 2. The molecule has 1 aliphatic rings. The third-order valence-electron chi connectivity index (χ3n) is 2.48. The second-order valence-electron chi connectivity index (χ2n) is 3.68. The van der Waals surface area contributed by atoms with Crippen molar-refractivity contribution in [3.05, 3.63) is 41.9 Å². The average Bonchev–Trinajstić information content (AvgIpc) is 2.60. The van der Waals surface area contributed by atoms with Gasteiger partial charge in [-0.15, -0.1) is 0 Å². The highest BCUT2D eigenvalue weighted by molar-refractivity contribution is 6.17. The lowest BCUT2D eigenvalue weighted by atomic mass is 10.3.